The van der Waals surface area contributed by atoms with Gasteiger partial charge in [0.1, 0.15) is 5.82 Å². The van der Waals surface area contributed by atoms with E-state index in [-0.39, 0.29) is 23.6 Å². The Hall–Kier alpha value is -1.79. The van der Waals surface area contributed by atoms with E-state index < -0.39 is 29.1 Å². The monoisotopic (exact) mass is 472 g/mol. The Balaban J connectivity index is 1.48. The van der Waals surface area contributed by atoms with Gasteiger partial charge in [-0.05, 0) is 43.9 Å². The second-order valence-electron chi connectivity index (χ2n) is 9.53. The molecule has 1 saturated carbocycles. The first-order valence-electron chi connectivity index (χ1n) is 11.5. The summed E-state index contributed by atoms with van der Waals surface area (Å²) in [5.41, 5.74) is 10.3. The summed E-state index contributed by atoms with van der Waals surface area (Å²) < 4.78 is 53.4. The molecule has 0 aromatic heterocycles. The van der Waals surface area contributed by atoms with Crippen LogP contribution >= 0.6 is 0 Å². The Morgan fingerprint density at radius 1 is 1.27 bits per heavy atom. The summed E-state index contributed by atoms with van der Waals surface area (Å²) in [4.78, 5) is 14.8. The minimum Gasteiger partial charge on any atom is -0.355 e. The van der Waals surface area contributed by atoms with E-state index in [9.17, 15) is 22.4 Å². The van der Waals surface area contributed by atoms with Crippen LogP contribution in [0.5, 0.6) is 0 Å². The second kappa shape index (κ2) is 9.46. The highest BCUT2D eigenvalue weighted by Crippen LogP contribution is 2.44. The van der Waals surface area contributed by atoms with Gasteiger partial charge in [-0.3, -0.25) is 20.3 Å². The van der Waals surface area contributed by atoms with E-state index in [1.54, 1.807) is 0 Å². The number of alkyl halides is 3. The van der Waals surface area contributed by atoms with Crippen LogP contribution in [0.25, 0.3) is 0 Å². The molecule has 1 amide bonds. The summed E-state index contributed by atoms with van der Waals surface area (Å²) in [6, 6.07) is 2.60. The van der Waals surface area contributed by atoms with Crippen LogP contribution in [0, 0.1) is 23.1 Å². The van der Waals surface area contributed by atoms with Crippen molar-refractivity contribution < 1.29 is 22.4 Å². The molecule has 1 aromatic carbocycles. The normalized spacial score (nSPS) is 29.8. The average molecular weight is 473 g/mol. The number of nitrogens with one attached hydrogen (secondary N) is 3. The predicted molar refractivity (Wildman–Crippen MR) is 115 cm³/mol. The largest absolute Gasteiger partial charge is 0.416 e. The van der Waals surface area contributed by atoms with Crippen molar-refractivity contribution in [1.29, 1.82) is 0 Å². The van der Waals surface area contributed by atoms with Crippen molar-refractivity contribution in [3.63, 3.8) is 0 Å². The molecule has 0 bridgehead atoms. The molecule has 3 fully saturated rings. The molecule has 4 atom stereocenters. The summed E-state index contributed by atoms with van der Waals surface area (Å²) in [6.07, 6.45) is -2.92. The van der Waals surface area contributed by atoms with Gasteiger partial charge in [-0.1, -0.05) is 6.07 Å². The van der Waals surface area contributed by atoms with Crippen LogP contribution in [0.3, 0.4) is 0 Å². The van der Waals surface area contributed by atoms with Crippen molar-refractivity contribution in [1.82, 2.24) is 20.9 Å². The highest BCUT2D eigenvalue weighted by molar-refractivity contribution is 5.85. The lowest BCUT2D eigenvalue weighted by atomic mass is 9.97. The number of halogens is 4. The number of carbonyl (C=O) groups is 1. The Morgan fingerprint density at radius 2 is 2.03 bits per heavy atom. The van der Waals surface area contributed by atoms with Gasteiger partial charge in [-0.15, -0.1) is 0 Å². The fraction of sp³-hybridized carbons (Fsp3) is 0.682. The zero-order valence-corrected chi connectivity index (χ0v) is 18.4. The molecule has 2 saturated heterocycles. The van der Waals surface area contributed by atoms with Crippen molar-refractivity contribution >= 4 is 5.91 Å². The molecule has 33 heavy (non-hydrogen) atoms. The molecule has 11 heteroatoms. The summed E-state index contributed by atoms with van der Waals surface area (Å²) in [5.74, 6) is -0.626. The maximum Gasteiger partial charge on any atom is 0.416 e. The van der Waals surface area contributed by atoms with E-state index in [1.165, 1.54) is 6.07 Å². The Labute approximate surface area is 190 Å². The van der Waals surface area contributed by atoms with Crippen molar-refractivity contribution in [2.24, 2.45) is 28.7 Å². The van der Waals surface area contributed by atoms with Crippen molar-refractivity contribution in [2.75, 3.05) is 39.3 Å². The van der Waals surface area contributed by atoms with Crippen molar-refractivity contribution in [2.45, 2.75) is 37.8 Å². The third kappa shape index (κ3) is 5.17. The number of nitrogens with two attached hydrogens (primary N) is 2. The van der Waals surface area contributed by atoms with E-state index in [0.29, 0.717) is 38.2 Å². The third-order valence-corrected chi connectivity index (χ3v) is 7.30. The summed E-state index contributed by atoms with van der Waals surface area (Å²) in [5, 5.41) is 9.60. The second-order valence-corrected chi connectivity index (χ2v) is 9.53. The lowest BCUT2D eigenvalue weighted by Gasteiger charge is -2.43. The van der Waals surface area contributed by atoms with E-state index >= 15 is 0 Å². The molecule has 184 valence electrons. The number of nitrogens with zero attached hydrogens (tertiary/aromatic N) is 1. The standard InChI is InChI=1S/C22H32F4N6O/c23-17-7-15(22(24,25)26)1-2-16(17)18-29-9-14(10-30-20(33)21(12-28)4-5-21)19(31-18)32-6-3-13(8-27)11-32/h1-2,7,13-14,18-19,29,31H,3-6,8-12,27-28H2,(H,30,33). The lowest BCUT2D eigenvalue weighted by molar-refractivity contribution is -0.137. The van der Waals surface area contributed by atoms with Crippen LogP contribution in [0.2, 0.25) is 0 Å². The average Bonchev–Trinajstić information content (AvgIpc) is 3.46. The SMILES string of the molecule is NCC1CCN(C2NC(c3ccc(C(F)(F)F)cc3F)NCC2CNC(=O)C2(CN)CC2)C1. The summed E-state index contributed by atoms with van der Waals surface area (Å²) >= 11 is 0. The van der Waals surface area contributed by atoms with Gasteiger partial charge >= 0.3 is 6.18 Å². The zero-order valence-electron chi connectivity index (χ0n) is 18.4. The molecule has 7 N–H and O–H groups in total. The van der Waals surface area contributed by atoms with Crippen LogP contribution in [0.1, 0.15) is 36.6 Å². The molecule has 1 aromatic rings. The number of likely N-dealkylation sites (tertiary alicyclic amines) is 1. The van der Waals surface area contributed by atoms with E-state index in [4.69, 9.17) is 11.5 Å². The topological polar surface area (TPSA) is 108 Å². The van der Waals surface area contributed by atoms with Gasteiger partial charge in [0.05, 0.1) is 23.3 Å². The van der Waals surface area contributed by atoms with Gasteiger partial charge < -0.3 is 16.8 Å². The minimum atomic E-state index is -4.60. The lowest BCUT2D eigenvalue weighted by Crippen LogP contribution is -2.62. The number of amides is 1. The number of benzene rings is 1. The van der Waals surface area contributed by atoms with Gasteiger partial charge in [-0.2, -0.15) is 13.2 Å². The predicted octanol–water partition coefficient (Wildman–Crippen LogP) is 1.11. The molecule has 2 aliphatic heterocycles. The Bertz CT molecular complexity index is 862. The molecule has 0 spiro atoms. The van der Waals surface area contributed by atoms with Crippen LogP contribution in [0.4, 0.5) is 17.6 Å². The molecule has 4 rings (SSSR count). The Kier molecular flexibility index (Phi) is 6.97. The fourth-order valence-electron chi connectivity index (χ4n) is 4.87. The maximum atomic E-state index is 14.6. The molecular weight excluding hydrogens is 440 g/mol. The van der Waals surface area contributed by atoms with Crippen LogP contribution in [0.15, 0.2) is 18.2 Å². The zero-order chi connectivity index (χ0) is 23.8. The first-order valence-corrected chi connectivity index (χ1v) is 11.5. The van der Waals surface area contributed by atoms with Crippen LogP contribution in [-0.4, -0.2) is 56.2 Å². The van der Waals surface area contributed by atoms with E-state index in [0.717, 1.165) is 38.4 Å². The number of rotatable bonds is 7. The van der Waals surface area contributed by atoms with E-state index in [1.807, 2.05) is 0 Å². The molecule has 7 nitrogen and oxygen atoms in total. The number of carbonyl (C=O) groups excluding carboxylic acids is 1. The van der Waals surface area contributed by atoms with Crippen molar-refractivity contribution in [3.8, 4) is 0 Å². The summed E-state index contributed by atoms with van der Waals surface area (Å²) in [7, 11) is 0. The highest BCUT2D eigenvalue weighted by atomic mass is 19.4. The minimum absolute atomic E-state index is 0.0205. The van der Waals surface area contributed by atoms with Gasteiger partial charge in [0.15, 0.2) is 0 Å². The fourth-order valence-corrected chi connectivity index (χ4v) is 4.87. The summed E-state index contributed by atoms with van der Waals surface area (Å²) in [6.45, 7) is 3.34. The maximum absolute atomic E-state index is 14.6. The highest BCUT2D eigenvalue weighted by Gasteiger charge is 2.49. The first-order chi connectivity index (χ1) is 15.7. The Morgan fingerprint density at radius 3 is 2.61 bits per heavy atom. The van der Waals surface area contributed by atoms with Crippen LogP contribution in [-0.2, 0) is 11.0 Å². The molecule has 4 unspecified atom stereocenters. The molecule has 1 aliphatic carbocycles. The smallest absolute Gasteiger partial charge is 0.355 e. The number of hydrogen-bond donors (Lipinski definition) is 5. The number of hydrogen-bond acceptors (Lipinski definition) is 6. The van der Waals surface area contributed by atoms with Gasteiger partial charge in [0, 0.05) is 44.2 Å². The van der Waals surface area contributed by atoms with Gasteiger partial charge in [0.25, 0.3) is 0 Å². The van der Waals surface area contributed by atoms with Gasteiger partial charge in [0.2, 0.25) is 5.91 Å². The van der Waals surface area contributed by atoms with Crippen molar-refractivity contribution in [3.05, 3.63) is 35.1 Å². The van der Waals surface area contributed by atoms with Gasteiger partial charge in [-0.25, -0.2) is 4.39 Å². The third-order valence-electron chi connectivity index (χ3n) is 7.30. The first kappa shape index (κ1) is 24.3. The quantitative estimate of drug-likeness (QED) is 0.381. The van der Waals surface area contributed by atoms with E-state index in [2.05, 4.69) is 20.9 Å². The van der Waals surface area contributed by atoms with Crippen LogP contribution < -0.4 is 27.4 Å². The molecular formula is C22H32F4N6O. The molecule has 0 radical (unpaired) electrons. The molecule has 3 aliphatic rings. The molecule has 2 heterocycles.